The van der Waals surface area contributed by atoms with Crippen LogP contribution in [0.4, 0.5) is 0 Å². The highest BCUT2D eigenvalue weighted by Crippen LogP contribution is 2.29. The summed E-state index contributed by atoms with van der Waals surface area (Å²) in [5.41, 5.74) is 6.33. The lowest BCUT2D eigenvalue weighted by Gasteiger charge is -2.13. The van der Waals surface area contributed by atoms with Crippen LogP contribution >= 0.6 is 11.8 Å². The van der Waals surface area contributed by atoms with E-state index in [1.807, 2.05) is 18.2 Å². The molecule has 4 heteroatoms. The first-order chi connectivity index (χ1) is 7.70. The summed E-state index contributed by atoms with van der Waals surface area (Å²) in [6, 6.07) is 5.78. The molecule has 0 unspecified atom stereocenters. The topological polar surface area (TPSA) is 59.1 Å². The molecular weight excluding hydrogens is 220 g/mol. The molecule has 0 atom stereocenters. The van der Waals surface area contributed by atoms with Gasteiger partial charge in [0, 0.05) is 4.90 Å². The molecule has 88 valence electrons. The molecule has 0 bridgehead atoms. The molecule has 0 heterocycles. The highest BCUT2D eigenvalue weighted by atomic mass is 32.2. The summed E-state index contributed by atoms with van der Waals surface area (Å²) in [6.07, 6.45) is 0.947. The van der Waals surface area contributed by atoms with Gasteiger partial charge in [0.15, 0.2) is 0 Å². The molecule has 0 radical (unpaired) electrons. The lowest BCUT2D eigenvalue weighted by Crippen LogP contribution is -2.14. The zero-order chi connectivity index (χ0) is 12.0. The fourth-order valence-electron chi connectivity index (χ4n) is 1.38. The van der Waals surface area contributed by atoms with Crippen LogP contribution in [0.25, 0.3) is 0 Å². The average Bonchev–Trinajstić information content (AvgIpc) is 2.26. The third-order valence-electron chi connectivity index (χ3n) is 2.02. The largest absolute Gasteiger partial charge is 0.493 e. The molecule has 1 rings (SSSR count). The van der Waals surface area contributed by atoms with Crippen LogP contribution in [0.1, 0.15) is 25.8 Å². The van der Waals surface area contributed by atoms with E-state index in [0.29, 0.717) is 12.4 Å². The van der Waals surface area contributed by atoms with Crippen molar-refractivity contribution in [3.63, 3.8) is 0 Å². The second-order valence-electron chi connectivity index (χ2n) is 3.32. The van der Waals surface area contributed by atoms with Crippen LogP contribution in [0.2, 0.25) is 0 Å². The Morgan fingerprint density at radius 3 is 2.75 bits per heavy atom. The van der Waals surface area contributed by atoms with Gasteiger partial charge in [-0.15, -0.1) is 11.8 Å². The number of nitrogens with two attached hydrogens (primary N) is 1. The van der Waals surface area contributed by atoms with Gasteiger partial charge in [-0.3, -0.25) is 5.41 Å². The summed E-state index contributed by atoms with van der Waals surface area (Å²) in [6.45, 7) is 4.78. The maximum Gasteiger partial charge on any atom is 0.131 e. The zero-order valence-electron chi connectivity index (χ0n) is 9.75. The van der Waals surface area contributed by atoms with E-state index in [1.165, 1.54) is 0 Å². The van der Waals surface area contributed by atoms with E-state index in [-0.39, 0.29) is 5.84 Å². The summed E-state index contributed by atoms with van der Waals surface area (Å²) in [5.74, 6) is 1.74. The Balaban J connectivity index is 3.05. The average molecular weight is 238 g/mol. The molecule has 1 aromatic carbocycles. The fraction of sp³-hybridized carbons (Fsp3) is 0.417. The smallest absolute Gasteiger partial charge is 0.131 e. The third-order valence-corrected chi connectivity index (χ3v) is 2.96. The first kappa shape index (κ1) is 12.9. The van der Waals surface area contributed by atoms with Crippen LogP contribution in [-0.4, -0.2) is 18.2 Å². The maximum absolute atomic E-state index is 7.62. The van der Waals surface area contributed by atoms with Crippen molar-refractivity contribution in [3.05, 3.63) is 23.8 Å². The molecule has 3 nitrogen and oxygen atoms in total. The SMILES string of the molecule is CCCOc1cccc(SCC)c1C(=N)N. The van der Waals surface area contributed by atoms with Gasteiger partial charge in [0.25, 0.3) is 0 Å². The summed E-state index contributed by atoms with van der Waals surface area (Å²) >= 11 is 1.68. The van der Waals surface area contributed by atoms with E-state index < -0.39 is 0 Å². The lowest BCUT2D eigenvalue weighted by atomic mass is 10.2. The van der Waals surface area contributed by atoms with Gasteiger partial charge in [0.2, 0.25) is 0 Å². The number of ether oxygens (including phenoxy) is 1. The van der Waals surface area contributed by atoms with Crippen molar-refractivity contribution in [1.29, 1.82) is 5.41 Å². The maximum atomic E-state index is 7.62. The number of hydrogen-bond acceptors (Lipinski definition) is 3. The van der Waals surface area contributed by atoms with Crippen molar-refractivity contribution >= 4 is 17.6 Å². The summed E-state index contributed by atoms with van der Waals surface area (Å²) in [4.78, 5) is 1.02. The van der Waals surface area contributed by atoms with E-state index in [9.17, 15) is 0 Å². The molecular formula is C12H18N2OS. The zero-order valence-corrected chi connectivity index (χ0v) is 10.6. The van der Waals surface area contributed by atoms with Crippen molar-refractivity contribution in [2.24, 2.45) is 5.73 Å². The Bertz CT molecular complexity index is 366. The molecule has 3 N–H and O–H groups in total. The van der Waals surface area contributed by atoms with Gasteiger partial charge >= 0.3 is 0 Å². The molecule has 1 aromatic rings. The number of rotatable bonds is 6. The molecule has 0 aromatic heterocycles. The standard InChI is InChI=1S/C12H18N2OS/c1-3-8-15-9-6-5-7-10(16-4-2)11(9)12(13)14/h5-7H,3-4,8H2,1-2H3,(H3,13,14). The van der Waals surface area contributed by atoms with Crippen LogP contribution in [0.15, 0.2) is 23.1 Å². The van der Waals surface area contributed by atoms with E-state index in [1.54, 1.807) is 11.8 Å². The minimum atomic E-state index is 0.0719. The predicted molar refractivity (Wildman–Crippen MR) is 69.6 cm³/mol. The molecule has 0 fully saturated rings. The Hall–Kier alpha value is -1.16. The van der Waals surface area contributed by atoms with E-state index >= 15 is 0 Å². The number of hydrogen-bond donors (Lipinski definition) is 2. The highest BCUT2D eigenvalue weighted by molar-refractivity contribution is 7.99. The van der Waals surface area contributed by atoms with Gasteiger partial charge in [-0.2, -0.15) is 0 Å². The molecule has 0 amide bonds. The molecule has 0 saturated carbocycles. The first-order valence-corrected chi connectivity index (χ1v) is 6.42. The first-order valence-electron chi connectivity index (χ1n) is 5.43. The number of nitrogens with one attached hydrogen (secondary N) is 1. The van der Waals surface area contributed by atoms with E-state index in [4.69, 9.17) is 15.9 Å². The van der Waals surface area contributed by atoms with Crippen LogP contribution < -0.4 is 10.5 Å². The molecule has 0 aliphatic carbocycles. The molecule has 16 heavy (non-hydrogen) atoms. The van der Waals surface area contributed by atoms with Gasteiger partial charge in [-0.1, -0.05) is 19.9 Å². The summed E-state index contributed by atoms with van der Waals surface area (Å²) < 4.78 is 5.60. The van der Waals surface area contributed by atoms with Crippen molar-refractivity contribution in [1.82, 2.24) is 0 Å². The van der Waals surface area contributed by atoms with Gasteiger partial charge in [-0.05, 0) is 24.3 Å². The van der Waals surface area contributed by atoms with E-state index in [2.05, 4.69) is 13.8 Å². The second kappa shape index (κ2) is 6.43. The minimum Gasteiger partial charge on any atom is -0.493 e. The summed E-state index contributed by atoms with van der Waals surface area (Å²) in [5, 5.41) is 7.62. The van der Waals surface area contributed by atoms with Crippen molar-refractivity contribution in [2.75, 3.05) is 12.4 Å². The van der Waals surface area contributed by atoms with Crippen LogP contribution in [0.3, 0.4) is 0 Å². The van der Waals surface area contributed by atoms with E-state index in [0.717, 1.165) is 22.6 Å². The normalized spacial score (nSPS) is 10.1. The van der Waals surface area contributed by atoms with Gasteiger partial charge in [0.05, 0.1) is 12.2 Å². The Labute approximate surface area is 101 Å². The van der Waals surface area contributed by atoms with Gasteiger partial charge in [0.1, 0.15) is 11.6 Å². The molecule has 0 saturated heterocycles. The molecule has 0 spiro atoms. The van der Waals surface area contributed by atoms with Gasteiger partial charge < -0.3 is 10.5 Å². The van der Waals surface area contributed by atoms with Crippen LogP contribution in [0, 0.1) is 5.41 Å². The van der Waals surface area contributed by atoms with Crippen molar-refractivity contribution in [2.45, 2.75) is 25.2 Å². The lowest BCUT2D eigenvalue weighted by molar-refractivity contribution is 0.316. The number of nitrogen functional groups attached to an aromatic ring is 1. The Morgan fingerprint density at radius 2 is 2.19 bits per heavy atom. The Morgan fingerprint density at radius 1 is 1.44 bits per heavy atom. The summed E-state index contributed by atoms with van der Waals surface area (Å²) in [7, 11) is 0. The minimum absolute atomic E-state index is 0.0719. The number of benzene rings is 1. The number of thioether (sulfide) groups is 1. The third kappa shape index (κ3) is 3.17. The monoisotopic (exact) mass is 238 g/mol. The molecule has 0 aliphatic rings. The van der Waals surface area contributed by atoms with Crippen molar-refractivity contribution in [3.8, 4) is 5.75 Å². The van der Waals surface area contributed by atoms with Crippen LogP contribution in [-0.2, 0) is 0 Å². The second-order valence-corrected chi connectivity index (χ2v) is 4.63. The van der Waals surface area contributed by atoms with Crippen molar-refractivity contribution < 1.29 is 4.74 Å². The highest BCUT2D eigenvalue weighted by Gasteiger charge is 2.12. The molecule has 0 aliphatic heterocycles. The van der Waals surface area contributed by atoms with Gasteiger partial charge in [-0.25, -0.2) is 0 Å². The predicted octanol–water partition coefficient (Wildman–Crippen LogP) is 2.87. The Kier molecular flexibility index (Phi) is 5.19. The van der Waals surface area contributed by atoms with Crippen LogP contribution in [0.5, 0.6) is 5.75 Å². The fourth-order valence-corrected chi connectivity index (χ4v) is 2.23. The number of amidine groups is 1. The quantitative estimate of drug-likeness (QED) is 0.455.